The highest BCUT2D eigenvalue weighted by atomic mass is 32.2. The summed E-state index contributed by atoms with van der Waals surface area (Å²) in [6.07, 6.45) is 12.8. The first-order chi connectivity index (χ1) is 12.0. The van der Waals surface area contributed by atoms with E-state index in [4.69, 9.17) is 9.72 Å². The Bertz CT molecular complexity index is 892. The van der Waals surface area contributed by atoms with Gasteiger partial charge in [0.2, 0.25) is 0 Å². The largest absolute Gasteiger partial charge is 0.529 e. The van der Waals surface area contributed by atoms with Crippen LogP contribution in [0.4, 0.5) is 10.7 Å². The SMILES string of the molecule is CCSc1cnc2n1C1=C(C)C=CCC13C=CC=C(C)[N+]23C(=O)OC. The van der Waals surface area contributed by atoms with Gasteiger partial charge in [-0.15, -0.1) is 16.2 Å². The van der Waals surface area contributed by atoms with E-state index >= 15 is 0 Å². The highest BCUT2D eigenvalue weighted by molar-refractivity contribution is 7.99. The molecule has 1 spiro atoms. The van der Waals surface area contributed by atoms with Crippen molar-refractivity contribution in [1.29, 1.82) is 0 Å². The van der Waals surface area contributed by atoms with Gasteiger partial charge in [-0.05, 0) is 30.4 Å². The predicted octanol–water partition coefficient (Wildman–Crippen LogP) is 4.49. The molecule has 1 aromatic heterocycles. The number of hydrogen-bond acceptors (Lipinski definition) is 4. The van der Waals surface area contributed by atoms with Gasteiger partial charge in [0.25, 0.3) is 0 Å². The number of carbonyl (C=O) groups excluding carboxylic acids is 1. The highest BCUT2D eigenvalue weighted by Crippen LogP contribution is 2.58. The van der Waals surface area contributed by atoms with E-state index in [2.05, 4.69) is 42.7 Å². The van der Waals surface area contributed by atoms with Gasteiger partial charge in [-0.3, -0.25) is 0 Å². The van der Waals surface area contributed by atoms with Crippen LogP contribution >= 0.6 is 11.8 Å². The Morgan fingerprint density at radius 3 is 3.00 bits per heavy atom. The van der Waals surface area contributed by atoms with Gasteiger partial charge < -0.3 is 4.74 Å². The van der Waals surface area contributed by atoms with Crippen molar-refractivity contribution in [3.63, 3.8) is 0 Å². The lowest BCUT2D eigenvalue weighted by molar-refractivity contribution is 0.118. The second-order valence-electron chi connectivity index (χ2n) is 6.54. The molecule has 0 aromatic carbocycles. The lowest BCUT2D eigenvalue weighted by Gasteiger charge is -2.43. The van der Waals surface area contributed by atoms with Gasteiger partial charge in [-0.2, -0.15) is 9.78 Å². The van der Waals surface area contributed by atoms with Crippen LogP contribution in [0.15, 0.2) is 52.9 Å². The van der Waals surface area contributed by atoms with Crippen molar-refractivity contribution in [2.45, 2.75) is 37.8 Å². The molecule has 0 radical (unpaired) electrons. The first kappa shape index (κ1) is 16.4. The lowest BCUT2D eigenvalue weighted by atomic mass is 9.80. The number of methoxy groups -OCH3 is 1. The summed E-state index contributed by atoms with van der Waals surface area (Å²) in [7, 11) is 1.46. The average Bonchev–Trinajstić information content (AvgIpc) is 3.10. The number of amides is 1. The van der Waals surface area contributed by atoms with Crippen LogP contribution in [-0.2, 0) is 4.74 Å². The van der Waals surface area contributed by atoms with E-state index < -0.39 is 5.54 Å². The fraction of sp³-hybridized carbons (Fsp3) is 0.368. The molecule has 1 amide bonds. The molecule has 1 aromatic rings. The molecule has 2 unspecified atom stereocenters. The van der Waals surface area contributed by atoms with Crippen LogP contribution in [-0.4, -0.2) is 34.0 Å². The minimum absolute atomic E-state index is 0.0126. The quantitative estimate of drug-likeness (QED) is 0.579. The topological polar surface area (TPSA) is 44.1 Å². The second kappa shape index (κ2) is 5.47. The van der Waals surface area contributed by atoms with E-state index in [0.29, 0.717) is 0 Å². The zero-order valence-electron chi connectivity index (χ0n) is 14.9. The van der Waals surface area contributed by atoms with E-state index in [1.54, 1.807) is 11.8 Å². The summed E-state index contributed by atoms with van der Waals surface area (Å²) in [5.74, 6) is 1.67. The number of quaternary nitrogens is 1. The number of nitrogens with zero attached hydrogens (tertiary/aromatic N) is 3. The van der Waals surface area contributed by atoms with Gasteiger partial charge in [0.05, 0.1) is 19.0 Å². The first-order valence-corrected chi connectivity index (χ1v) is 9.47. The van der Waals surface area contributed by atoms with Crippen molar-refractivity contribution < 1.29 is 9.53 Å². The highest BCUT2D eigenvalue weighted by Gasteiger charge is 2.70. The van der Waals surface area contributed by atoms with Crippen LogP contribution in [0.25, 0.3) is 5.70 Å². The fourth-order valence-electron chi connectivity index (χ4n) is 4.52. The maximum absolute atomic E-state index is 13.2. The predicted molar refractivity (Wildman–Crippen MR) is 101 cm³/mol. The summed E-state index contributed by atoms with van der Waals surface area (Å²) in [6, 6.07) is 0. The van der Waals surface area contributed by atoms with Crippen molar-refractivity contribution in [3.8, 4) is 0 Å². The molecular formula is C19H22N3O2S+. The van der Waals surface area contributed by atoms with Crippen LogP contribution in [0, 0.1) is 0 Å². The van der Waals surface area contributed by atoms with Crippen LogP contribution in [0.1, 0.15) is 27.2 Å². The van der Waals surface area contributed by atoms with Crippen molar-refractivity contribution in [2.75, 3.05) is 12.9 Å². The molecule has 3 heterocycles. The lowest BCUT2D eigenvalue weighted by Crippen LogP contribution is -2.66. The van der Waals surface area contributed by atoms with Gasteiger partial charge in [-0.25, -0.2) is 4.57 Å². The van der Waals surface area contributed by atoms with E-state index in [1.165, 1.54) is 7.11 Å². The van der Waals surface area contributed by atoms with Crippen molar-refractivity contribution in [1.82, 2.24) is 14.0 Å². The maximum Gasteiger partial charge on any atom is 0.529 e. The summed E-state index contributed by atoms with van der Waals surface area (Å²) in [4.78, 5) is 18.0. The van der Waals surface area contributed by atoms with E-state index in [1.807, 2.05) is 19.2 Å². The molecular weight excluding hydrogens is 334 g/mol. The molecule has 0 N–H and O–H groups in total. The number of ether oxygens (including phenoxy) is 1. The van der Waals surface area contributed by atoms with Crippen molar-refractivity contribution in [3.05, 3.63) is 47.8 Å². The zero-order valence-corrected chi connectivity index (χ0v) is 15.8. The minimum atomic E-state index is -0.530. The Morgan fingerprint density at radius 2 is 2.28 bits per heavy atom. The molecule has 0 saturated heterocycles. The number of imidazole rings is 1. The molecule has 4 rings (SSSR count). The number of carbonyl (C=O) groups is 1. The molecule has 2 atom stereocenters. The molecule has 3 aliphatic rings. The van der Waals surface area contributed by atoms with E-state index in [9.17, 15) is 4.79 Å². The second-order valence-corrected chi connectivity index (χ2v) is 7.82. The van der Waals surface area contributed by atoms with Crippen LogP contribution < -0.4 is 4.48 Å². The summed E-state index contributed by atoms with van der Waals surface area (Å²) in [6.45, 7) is 6.22. The number of fused-ring (bicyclic) bond motifs is 3. The monoisotopic (exact) mass is 356 g/mol. The molecule has 25 heavy (non-hydrogen) atoms. The minimum Gasteiger partial charge on any atom is -0.423 e. The van der Waals surface area contributed by atoms with Crippen molar-refractivity contribution >= 4 is 29.5 Å². The normalized spacial score (nSPS) is 29.2. The summed E-state index contributed by atoms with van der Waals surface area (Å²) in [5, 5.41) is 1.07. The smallest absolute Gasteiger partial charge is 0.423 e. The van der Waals surface area contributed by atoms with Gasteiger partial charge >= 0.3 is 12.0 Å². The van der Waals surface area contributed by atoms with E-state index in [-0.39, 0.29) is 10.6 Å². The molecule has 2 aliphatic heterocycles. The number of allylic oxidation sites excluding steroid dienone is 5. The molecule has 0 saturated carbocycles. The molecule has 0 fully saturated rings. The Hall–Kier alpha value is -2.05. The number of hydrogen-bond donors (Lipinski definition) is 0. The number of aromatic nitrogens is 2. The van der Waals surface area contributed by atoms with Gasteiger partial charge in [0.1, 0.15) is 10.7 Å². The molecule has 0 bridgehead atoms. The van der Waals surface area contributed by atoms with Crippen LogP contribution in [0.3, 0.4) is 0 Å². The van der Waals surface area contributed by atoms with E-state index in [0.717, 1.165) is 40.1 Å². The molecule has 1 aliphatic carbocycles. The maximum atomic E-state index is 13.2. The number of rotatable bonds is 2. The Labute approximate surface area is 152 Å². The molecule has 6 heteroatoms. The van der Waals surface area contributed by atoms with Crippen molar-refractivity contribution in [2.24, 2.45) is 0 Å². The first-order valence-electron chi connectivity index (χ1n) is 8.48. The van der Waals surface area contributed by atoms with Gasteiger partial charge in [0, 0.05) is 13.3 Å². The third kappa shape index (κ3) is 1.74. The van der Waals surface area contributed by atoms with Crippen LogP contribution in [0.5, 0.6) is 0 Å². The number of thioether (sulfide) groups is 1. The molecule has 130 valence electrons. The standard InChI is InChI=1S/C19H22N3O2S/c1-5-25-15-12-20-17-21(15)16-13(2)8-6-10-19(16)11-7-9-14(3)22(17,19)18(23)24-4/h6-9,11-12H,5,10H2,1-4H3/q+1. The van der Waals surface area contributed by atoms with Crippen LogP contribution in [0.2, 0.25) is 0 Å². The van der Waals surface area contributed by atoms with Gasteiger partial charge in [-0.1, -0.05) is 25.2 Å². The zero-order chi connectivity index (χ0) is 17.8. The Morgan fingerprint density at radius 1 is 1.48 bits per heavy atom. The third-order valence-corrected chi connectivity index (χ3v) is 6.27. The average molecular weight is 356 g/mol. The molecule has 5 nitrogen and oxygen atoms in total. The Balaban J connectivity index is 2.15. The Kier molecular flexibility index (Phi) is 3.60. The van der Waals surface area contributed by atoms with Gasteiger partial charge in [0.15, 0.2) is 5.54 Å². The fourth-order valence-corrected chi connectivity index (χ4v) is 5.24. The summed E-state index contributed by atoms with van der Waals surface area (Å²) < 4.78 is 7.49. The summed E-state index contributed by atoms with van der Waals surface area (Å²) in [5.41, 5.74) is 2.68. The summed E-state index contributed by atoms with van der Waals surface area (Å²) >= 11 is 1.74. The third-order valence-electron chi connectivity index (χ3n) is 5.39.